The number of carbonyl (C=O) groups is 1. The Balaban J connectivity index is 1.62. The molecule has 4 saturated carbocycles. The van der Waals surface area contributed by atoms with Gasteiger partial charge in [-0.1, -0.05) is 60.7 Å². The van der Waals surface area contributed by atoms with Gasteiger partial charge in [0.1, 0.15) is 6.54 Å². The normalized spacial score (nSPS) is 30.9. The molecule has 0 unspecified atom stereocenters. The summed E-state index contributed by atoms with van der Waals surface area (Å²) in [5, 5.41) is 12.4. The lowest BCUT2D eigenvalue weighted by Gasteiger charge is -2.61. The van der Waals surface area contributed by atoms with E-state index in [1.54, 1.807) is 0 Å². The van der Waals surface area contributed by atoms with E-state index in [9.17, 15) is 9.90 Å². The summed E-state index contributed by atoms with van der Waals surface area (Å²) in [7, 11) is -0.855. The Kier molecular flexibility index (Phi) is 4.77. The number of benzene rings is 2. The minimum atomic E-state index is -0.855. The number of hydrogen-bond donors (Lipinski definition) is 1. The van der Waals surface area contributed by atoms with Crippen LogP contribution in [0.15, 0.2) is 60.7 Å². The molecular formula is C24H28NO2P. The van der Waals surface area contributed by atoms with Crippen LogP contribution in [0, 0.1) is 17.8 Å². The van der Waals surface area contributed by atoms with Gasteiger partial charge < -0.3 is 5.11 Å². The zero-order valence-electron chi connectivity index (χ0n) is 16.2. The summed E-state index contributed by atoms with van der Waals surface area (Å²) >= 11 is 0. The van der Waals surface area contributed by atoms with Gasteiger partial charge in [0, 0.05) is 13.6 Å². The standard InChI is InChI=1S/C24H28NO2P/c26-23(27)17-25(24-14-18-11-19(15-24)13-20(12-18)16-24)28(21-7-3-1-4-8-21)22-9-5-2-6-10-22/h1-10,18-20H,11-17H2,(H,26,27). The molecule has 146 valence electrons. The highest BCUT2D eigenvalue weighted by atomic mass is 31.1. The molecule has 0 atom stereocenters. The van der Waals surface area contributed by atoms with Gasteiger partial charge in [-0.2, -0.15) is 0 Å². The average molecular weight is 393 g/mol. The van der Waals surface area contributed by atoms with Crippen molar-refractivity contribution in [2.75, 3.05) is 6.54 Å². The predicted octanol–water partition coefficient (Wildman–Crippen LogP) is 4.39. The Morgan fingerprint density at radius 1 is 0.857 bits per heavy atom. The smallest absolute Gasteiger partial charge is 0.318 e. The highest BCUT2D eigenvalue weighted by molar-refractivity contribution is 7.70. The molecule has 4 aliphatic carbocycles. The number of hydrogen-bond acceptors (Lipinski definition) is 2. The maximum Gasteiger partial charge on any atom is 0.318 e. The fraction of sp³-hybridized carbons (Fsp3) is 0.458. The van der Waals surface area contributed by atoms with Crippen molar-refractivity contribution in [2.45, 2.75) is 44.1 Å². The van der Waals surface area contributed by atoms with Crippen LogP contribution in [0.1, 0.15) is 38.5 Å². The van der Waals surface area contributed by atoms with Gasteiger partial charge >= 0.3 is 5.97 Å². The Hall–Kier alpha value is -1.70. The van der Waals surface area contributed by atoms with E-state index in [0.717, 1.165) is 17.8 Å². The van der Waals surface area contributed by atoms with Gasteiger partial charge in [0.05, 0.1) is 0 Å². The predicted molar refractivity (Wildman–Crippen MR) is 114 cm³/mol. The molecule has 0 saturated heterocycles. The van der Waals surface area contributed by atoms with Gasteiger partial charge in [-0.05, 0) is 66.9 Å². The maximum atomic E-state index is 12.0. The van der Waals surface area contributed by atoms with Crippen LogP contribution >= 0.6 is 8.07 Å². The van der Waals surface area contributed by atoms with Crippen molar-refractivity contribution >= 4 is 24.7 Å². The van der Waals surface area contributed by atoms with Crippen LogP contribution in [0.3, 0.4) is 0 Å². The number of nitrogens with zero attached hydrogens (tertiary/aromatic N) is 1. The molecule has 4 bridgehead atoms. The minimum Gasteiger partial charge on any atom is -0.480 e. The molecule has 3 nitrogen and oxygen atoms in total. The molecule has 28 heavy (non-hydrogen) atoms. The summed E-state index contributed by atoms with van der Waals surface area (Å²) in [6.07, 6.45) is 7.67. The van der Waals surface area contributed by atoms with Crippen LogP contribution in [-0.4, -0.2) is 27.8 Å². The Bertz CT molecular complexity index is 763. The van der Waals surface area contributed by atoms with Crippen LogP contribution in [0.2, 0.25) is 0 Å². The van der Waals surface area contributed by atoms with E-state index in [1.807, 2.05) is 12.1 Å². The molecule has 0 radical (unpaired) electrons. The highest BCUT2D eigenvalue weighted by Gasteiger charge is 2.55. The average Bonchev–Trinajstić information content (AvgIpc) is 2.68. The van der Waals surface area contributed by atoms with E-state index in [4.69, 9.17) is 0 Å². The van der Waals surface area contributed by atoms with E-state index in [1.165, 1.54) is 49.1 Å². The lowest BCUT2D eigenvalue weighted by molar-refractivity contribution is -0.140. The molecule has 4 aliphatic rings. The first-order valence-electron chi connectivity index (χ1n) is 10.5. The first kappa shape index (κ1) is 18.3. The largest absolute Gasteiger partial charge is 0.480 e. The Labute approximate surface area is 168 Å². The van der Waals surface area contributed by atoms with Crippen molar-refractivity contribution in [3.8, 4) is 0 Å². The van der Waals surface area contributed by atoms with Gasteiger partial charge in [0.25, 0.3) is 0 Å². The molecule has 2 aromatic rings. The third-order valence-electron chi connectivity index (χ3n) is 7.08. The van der Waals surface area contributed by atoms with E-state index in [-0.39, 0.29) is 12.1 Å². The van der Waals surface area contributed by atoms with E-state index >= 15 is 0 Å². The third kappa shape index (κ3) is 3.29. The second-order valence-electron chi connectivity index (χ2n) is 9.08. The topological polar surface area (TPSA) is 40.5 Å². The summed E-state index contributed by atoms with van der Waals surface area (Å²) in [5.74, 6) is 1.69. The zero-order valence-corrected chi connectivity index (χ0v) is 17.1. The highest BCUT2D eigenvalue weighted by Crippen LogP contribution is 2.61. The van der Waals surface area contributed by atoms with Crippen molar-refractivity contribution in [3.63, 3.8) is 0 Å². The van der Waals surface area contributed by atoms with Crippen molar-refractivity contribution in [1.29, 1.82) is 0 Å². The second-order valence-corrected chi connectivity index (χ2v) is 11.2. The lowest BCUT2D eigenvalue weighted by Crippen LogP contribution is -2.60. The number of carboxylic acid groups (broad SMARTS) is 1. The van der Waals surface area contributed by atoms with Crippen molar-refractivity contribution < 1.29 is 9.90 Å². The molecule has 0 heterocycles. The SMILES string of the molecule is O=C(O)CN(P(c1ccccc1)c1ccccc1)C12CC3CC(CC(C3)C1)C2. The summed E-state index contributed by atoms with van der Waals surface area (Å²) in [6.45, 7) is 0.141. The minimum absolute atomic E-state index is 0.0600. The van der Waals surface area contributed by atoms with Crippen molar-refractivity contribution in [2.24, 2.45) is 17.8 Å². The van der Waals surface area contributed by atoms with Crippen LogP contribution in [0.5, 0.6) is 0 Å². The first-order chi connectivity index (χ1) is 13.6. The summed E-state index contributed by atoms with van der Waals surface area (Å²) in [5.41, 5.74) is 0.0600. The maximum absolute atomic E-state index is 12.0. The summed E-state index contributed by atoms with van der Waals surface area (Å²) < 4.78 is 2.44. The number of rotatable bonds is 6. The van der Waals surface area contributed by atoms with Crippen LogP contribution in [-0.2, 0) is 4.79 Å². The van der Waals surface area contributed by atoms with Gasteiger partial charge in [-0.3, -0.25) is 9.46 Å². The number of aliphatic carboxylic acids is 1. The monoisotopic (exact) mass is 393 g/mol. The van der Waals surface area contributed by atoms with E-state index in [0.29, 0.717) is 0 Å². The third-order valence-corrected chi connectivity index (χ3v) is 9.70. The van der Waals surface area contributed by atoms with Crippen LogP contribution in [0.4, 0.5) is 0 Å². The molecule has 0 aliphatic heterocycles. The quantitative estimate of drug-likeness (QED) is 0.740. The Morgan fingerprint density at radius 3 is 1.68 bits per heavy atom. The summed E-state index contributed by atoms with van der Waals surface area (Å²) in [6, 6.07) is 21.2. The second kappa shape index (κ2) is 7.28. The molecule has 0 aromatic heterocycles. The van der Waals surface area contributed by atoms with E-state index < -0.39 is 14.0 Å². The van der Waals surface area contributed by atoms with Crippen LogP contribution in [0.25, 0.3) is 0 Å². The van der Waals surface area contributed by atoms with Gasteiger partial charge in [0.2, 0.25) is 0 Å². The fourth-order valence-corrected chi connectivity index (χ4v) is 9.22. The molecular weight excluding hydrogens is 365 g/mol. The van der Waals surface area contributed by atoms with Gasteiger partial charge in [-0.15, -0.1) is 0 Å². The fourth-order valence-electron chi connectivity index (χ4n) is 6.53. The molecule has 0 spiro atoms. The molecule has 1 N–H and O–H groups in total. The summed E-state index contributed by atoms with van der Waals surface area (Å²) in [4.78, 5) is 12.0. The van der Waals surface area contributed by atoms with Crippen molar-refractivity contribution in [3.05, 3.63) is 60.7 Å². The van der Waals surface area contributed by atoms with Crippen molar-refractivity contribution in [1.82, 2.24) is 4.67 Å². The van der Waals surface area contributed by atoms with Gasteiger partial charge in [0.15, 0.2) is 0 Å². The van der Waals surface area contributed by atoms with E-state index in [2.05, 4.69) is 53.2 Å². The Morgan fingerprint density at radius 2 is 1.29 bits per heavy atom. The number of carboxylic acids is 1. The molecule has 4 heteroatoms. The van der Waals surface area contributed by atoms with Gasteiger partial charge in [-0.25, -0.2) is 0 Å². The van der Waals surface area contributed by atoms with Crippen LogP contribution < -0.4 is 10.6 Å². The molecule has 4 fully saturated rings. The molecule has 2 aromatic carbocycles. The first-order valence-corrected chi connectivity index (χ1v) is 11.8. The lowest BCUT2D eigenvalue weighted by atomic mass is 9.53. The molecule has 6 rings (SSSR count). The zero-order chi connectivity index (χ0) is 19.1. The molecule has 0 amide bonds.